The van der Waals surface area contributed by atoms with Gasteiger partial charge in [-0.3, -0.25) is 9.59 Å². The fourth-order valence-electron chi connectivity index (χ4n) is 2.28. The Bertz CT molecular complexity index is 640. The number of carboxylic acids is 1. The summed E-state index contributed by atoms with van der Waals surface area (Å²) in [6.45, 7) is 6.44. The van der Waals surface area contributed by atoms with Crippen LogP contribution < -0.4 is 0 Å². The number of aliphatic carboxylic acids is 1. The molecule has 0 saturated carbocycles. The van der Waals surface area contributed by atoms with Crippen molar-refractivity contribution in [3.63, 3.8) is 0 Å². The van der Waals surface area contributed by atoms with E-state index in [-0.39, 0.29) is 5.56 Å². The van der Waals surface area contributed by atoms with E-state index in [1.165, 1.54) is 18.2 Å². The van der Waals surface area contributed by atoms with Crippen molar-refractivity contribution in [2.45, 2.75) is 45.4 Å². The molecular formula is C18H21F3O4. The first kappa shape index (κ1) is 20.7. The fourth-order valence-corrected chi connectivity index (χ4v) is 2.28. The molecule has 1 rings (SSSR count). The number of esters is 1. The summed E-state index contributed by atoms with van der Waals surface area (Å²) in [5, 5.41) is 9.47. The Kier molecular flexibility index (Phi) is 6.40. The van der Waals surface area contributed by atoms with Crippen LogP contribution in [0.25, 0.3) is 0 Å². The standard InChI is InChI=1S/C18H21F3O4/c1-5-6-13(11-7-9-12(10-8-11)18(19,20)21)14(15(22)23)16(24)25-17(2,3)4/h5-10,13-14H,1-4H3,(H,22,23)/t13-,14+/m1/s1. The van der Waals surface area contributed by atoms with Crippen LogP contribution in [0, 0.1) is 5.92 Å². The molecule has 0 amide bonds. The molecule has 0 aromatic heterocycles. The highest BCUT2D eigenvalue weighted by Crippen LogP contribution is 2.33. The highest BCUT2D eigenvalue weighted by atomic mass is 19.4. The maximum atomic E-state index is 12.7. The van der Waals surface area contributed by atoms with Gasteiger partial charge < -0.3 is 9.84 Å². The number of allylic oxidation sites excluding steroid dienone is 2. The summed E-state index contributed by atoms with van der Waals surface area (Å²) in [6, 6.07) is 4.07. The van der Waals surface area contributed by atoms with Gasteiger partial charge in [0.15, 0.2) is 5.92 Å². The summed E-state index contributed by atoms with van der Waals surface area (Å²) >= 11 is 0. The van der Waals surface area contributed by atoms with Crippen molar-refractivity contribution in [2.24, 2.45) is 5.92 Å². The van der Waals surface area contributed by atoms with Crippen LogP contribution in [0.4, 0.5) is 13.2 Å². The molecule has 0 fully saturated rings. The lowest BCUT2D eigenvalue weighted by molar-refractivity contribution is -0.167. The number of benzene rings is 1. The Hall–Kier alpha value is -2.31. The van der Waals surface area contributed by atoms with E-state index in [1.54, 1.807) is 33.8 Å². The molecule has 0 unspecified atom stereocenters. The molecule has 0 radical (unpaired) electrons. The summed E-state index contributed by atoms with van der Waals surface area (Å²) in [6.07, 6.45) is -1.49. The van der Waals surface area contributed by atoms with Crippen molar-refractivity contribution in [3.8, 4) is 0 Å². The third kappa shape index (κ3) is 5.92. The average Bonchev–Trinajstić information content (AvgIpc) is 2.43. The minimum absolute atomic E-state index is 0.282. The van der Waals surface area contributed by atoms with Crippen LogP contribution in [0.2, 0.25) is 0 Å². The molecule has 0 spiro atoms. The van der Waals surface area contributed by atoms with E-state index >= 15 is 0 Å². The van der Waals surface area contributed by atoms with Crippen LogP contribution >= 0.6 is 0 Å². The van der Waals surface area contributed by atoms with Crippen LogP contribution in [0.3, 0.4) is 0 Å². The lowest BCUT2D eigenvalue weighted by Gasteiger charge is -2.26. The number of alkyl halides is 3. The van der Waals surface area contributed by atoms with Crippen molar-refractivity contribution in [2.75, 3.05) is 0 Å². The number of carbonyl (C=O) groups is 2. The highest BCUT2D eigenvalue weighted by molar-refractivity contribution is 5.95. The molecule has 4 nitrogen and oxygen atoms in total. The molecule has 0 aliphatic carbocycles. The normalized spacial score (nSPS) is 15.0. The molecule has 7 heteroatoms. The van der Waals surface area contributed by atoms with E-state index < -0.39 is 41.1 Å². The van der Waals surface area contributed by atoms with E-state index in [4.69, 9.17) is 4.74 Å². The molecule has 0 aliphatic rings. The van der Waals surface area contributed by atoms with Gasteiger partial charge in [0.05, 0.1) is 5.56 Å². The minimum atomic E-state index is -4.49. The van der Waals surface area contributed by atoms with Crippen molar-refractivity contribution in [1.82, 2.24) is 0 Å². The molecule has 0 saturated heterocycles. The summed E-state index contributed by atoms with van der Waals surface area (Å²) in [7, 11) is 0. The number of hydrogen-bond acceptors (Lipinski definition) is 3. The zero-order valence-corrected chi connectivity index (χ0v) is 14.4. The molecule has 0 bridgehead atoms. The maximum absolute atomic E-state index is 12.7. The van der Waals surface area contributed by atoms with Crippen molar-refractivity contribution in [3.05, 3.63) is 47.5 Å². The number of carbonyl (C=O) groups excluding carboxylic acids is 1. The molecule has 138 valence electrons. The van der Waals surface area contributed by atoms with Crippen LogP contribution in [-0.4, -0.2) is 22.6 Å². The number of hydrogen-bond donors (Lipinski definition) is 1. The highest BCUT2D eigenvalue weighted by Gasteiger charge is 2.38. The third-order valence-electron chi connectivity index (χ3n) is 3.31. The van der Waals surface area contributed by atoms with Crippen LogP contribution in [0.15, 0.2) is 36.4 Å². The molecule has 0 heterocycles. The van der Waals surface area contributed by atoms with Crippen LogP contribution in [0.1, 0.15) is 44.7 Å². The van der Waals surface area contributed by atoms with E-state index in [0.29, 0.717) is 0 Å². The number of carboxylic acid groups (broad SMARTS) is 1. The van der Waals surface area contributed by atoms with E-state index in [2.05, 4.69) is 0 Å². The molecule has 25 heavy (non-hydrogen) atoms. The summed E-state index contributed by atoms with van der Waals surface area (Å²) < 4.78 is 43.2. The first-order valence-electron chi connectivity index (χ1n) is 7.62. The second-order valence-electron chi connectivity index (χ2n) is 6.52. The number of ether oxygens (including phenoxy) is 1. The SMILES string of the molecule is CC=C[C@H](c1ccc(C(F)(F)F)cc1)[C@@H](C(=O)O)C(=O)OC(C)(C)C. The van der Waals surface area contributed by atoms with Crippen molar-refractivity contribution >= 4 is 11.9 Å². The largest absolute Gasteiger partial charge is 0.481 e. The Morgan fingerprint density at radius 1 is 1.12 bits per heavy atom. The minimum Gasteiger partial charge on any atom is -0.481 e. The first-order chi connectivity index (χ1) is 11.4. The van der Waals surface area contributed by atoms with Gasteiger partial charge in [-0.15, -0.1) is 0 Å². The molecule has 1 aromatic carbocycles. The Labute approximate surface area is 144 Å². The second-order valence-corrected chi connectivity index (χ2v) is 6.52. The van der Waals surface area contributed by atoms with Gasteiger partial charge in [0.2, 0.25) is 0 Å². The zero-order chi connectivity index (χ0) is 19.4. The average molecular weight is 358 g/mol. The van der Waals surface area contributed by atoms with E-state index in [9.17, 15) is 27.9 Å². The van der Waals surface area contributed by atoms with Gasteiger partial charge in [-0.2, -0.15) is 13.2 Å². The zero-order valence-electron chi connectivity index (χ0n) is 14.4. The summed E-state index contributed by atoms with van der Waals surface area (Å²) in [5.74, 6) is -4.85. The van der Waals surface area contributed by atoms with Gasteiger partial charge in [-0.1, -0.05) is 24.3 Å². The van der Waals surface area contributed by atoms with E-state index in [1.807, 2.05) is 0 Å². The Balaban J connectivity index is 3.26. The van der Waals surface area contributed by atoms with Crippen molar-refractivity contribution < 1.29 is 32.6 Å². The van der Waals surface area contributed by atoms with Crippen LogP contribution in [-0.2, 0) is 20.5 Å². The maximum Gasteiger partial charge on any atom is 0.416 e. The molecule has 2 atom stereocenters. The first-order valence-corrected chi connectivity index (χ1v) is 7.62. The van der Waals surface area contributed by atoms with Gasteiger partial charge in [0.25, 0.3) is 0 Å². The van der Waals surface area contributed by atoms with Crippen LogP contribution in [0.5, 0.6) is 0 Å². The molecule has 1 N–H and O–H groups in total. The smallest absolute Gasteiger partial charge is 0.416 e. The molecule has 1 aromatic rings. The summed E-state index contributed by atoms with van der Waals surface area (Å²) in [4.78, 5) is 23.9. The lowest BCUT2D eigenvalue weighted by Crippen LogP contribution is -2.36. The lowest BCUT2D eigenvalue weighted by atomic mass is 9.85. The predicted octanol–water partition coefficient (Wildman–Crippen LogP) is 4.41. The van der Waals surface area contributed by atoms with Gasteiger partial charge in [-0.25, -0.2) is 0 Å². The quantitative estimate of drug-likeness (QED) is 0.481. The molecule has 0 aliphatic heterocycles. The predicted molar refractivity (Wildman–Crippen MR) is 86.0 cm³/mol. The number of rotatable bonds is 5. The van der Waals surface area contributed by atoms with Crippen molar-refractivity contribution in [1.29, 1.82) is 0 Å². The number of halogens is 3. The molecular weight excluding hydrogens is 337 g/mol. The summed E-state index contributed by atoms with van der Waals surface area (Å²) in [5.41, 5.74) is -1.45. The topological polar surface area (TPSA) is 63.6 Å². The Morgan fingerprint density at radius 2 is 1.64 bits per heavy atom. The fraction of sp³-hybridized carbons (Fsp3) is 0.444. The van der Waals surface area contributed by atoms with Gasteiger partial charge in [0.1, 0.15) is 5.60 Å². The Morgan fingerprint density at radius 3 is 2.00 bits per heavy atom. The van der Waals surface area contributed by atoms with E-state index in [0.717, 1.165) is 12.1 Å². The second kappa shape index (κ2) is 7.72. The monoisotopic (exact) mass is 358 g/mol. The van der Waals surface area contributed by atoms with Gasteiger partial charge in [-0.05, 0) is 45.4 Å². The van der Waals surface area contributed by atoms with Gasteiger partial charge in [0, 0.05) is 5.92 Å². The van der Waals surface area contributed by atoms with Gasteiger partial charge >= 0.3 is 18.1 Å². The third-order valence-corrected chi connectivity index (χ3v) is 3.31.